The first-order chi connectivity index (χ1) is 6.15. The topological polar surface area (TPSA) is 46.5 Å². The molecule has 1 unspecified atom stereocenters. The summed E-state index contributed by atoms with van der Waals surface area (Å²) < 4.78 is 5.08. The van der Waals surface area contributed by atoms with Crippen molar-refractivity contribution in [2.75, 3.05) is 0 Å². The smallest absolute Gasteiger partial charge is 0.489 e. The second-order valence-electron chi connectivity index (χ2n) is 4.91. The fourth-order valence-corrected chi connectivity index (χ4v) is 3.54. The largest absolute Gasteiger partial charge is 0.491 e. The lowest BCUT2D eigenvalue weighted by Gasteiger charge is -2.41. The molecular formula is C10H22O3Si. The lowest BCUT2D eigenvalue weighted by molar-refractivity contribution is 0.136. The maximum atomic E-state index is 10.6. The van der Waals surface area contributed by atoms with Gasteiger partial charge in [-0.15, -0.1) is 0 Å². The summed E-state index contributed by atoms with van der Waals surface area (Å²) in [5, 5.41) is 8.65. The molecule has 0 aliphatic carbocycles. The zero-order valence-electron chi connectivity index (χ0n) is 10.0. The fourth-order valence-electron chi connectivity index (χ4n) is 1.45. The summed E-state index contributed by atoms with van der Waals surface area (Å²) in [5.74, 6) is 0.475. The van der Waals surface area contributed by atoms with E-state index in [0.717, 1.165) is 6.42 Å². The predicted molar refractivity (Wildman–Crippen MR) is 60.1 cm³/mol. The Labute approximate surface area is 87.6 Å². The molecule has 0 bridgehead atoms. The fraction of sp³-hybridized carbons (Fsp3) is 0.900. The van der Waals surface area contributed by atoms with Crippen LogP contribution in [0.15, 0.2) is 0 Å². The van der Waals surface area contributed by atoms with Gasteiger partial charge in [0.05, 0.1) is 0 Å². The Morgan fingerprint density at radius 2 is 1.93 bits per heavy atom. The Bertz CT molecular complexity index is 211. The molecule has 0 aliphatic heterocycles. The Hall–Kier alpha value is -0.513. The summed E-state index contributed by atoms with van der Waals surface area (Å²) in [5.41, 5.74) is 0. The van der Waals surface area contributed by atoms with Crippen LogP contribution in [0.25, 0.3) is 0 Å². The molecule has 3 nitrogen and oxygen atoms in total. The van der Waals surface area contributed by atoms with Crippen LogP contribution in [0.4, 0.5) is 4.79 Å². The summed E-state index contributed by atoms with van der Waals surface area (Å²) in [4.78, 5) is 10.6. The first kappa shape index (κ1) is 13.5. The Morgan fingerprint density at radius 1 is 1.50 bits per heavy atom. The van der Waals surface area contributed by atoms with Crippen LogP contribution in [0.5, 0.6) is 0 Å². The van der Waals surface area contributed by atoms with Crippen LogP contribution in [0.2, 0.25) is 18.1 Å². The number of carboxylic acid groups (broad SMARTS) is 1. The average Bonchev–Trinajstić information content (AvgIpc) is 2.00. The first-order valence-corrected chi connectivity index (χ1v) is 7.98. The molecule has 4 heteroatoms. The normalized spacial score (nSPS) is 15.0. The molecule has 1 atom stereocenters. The molecule has 14 heavy (non-hydrogen) atoms. The highest BCUT2D eigenvalue weighted by molar-refractivity contribution is 6.75. The minimum atomic E-state index is -2.18. The van der Waals surface area contributed by atoms with Gasteiger partial charge in [-0.1, -0.05) is 34.1 Å². The van der Waals surface area contributed by atoms with Gasteiger partial charge in [0.15, 0.2) is 0 Å². The van der Waals surface area contributed by atoms with Gasteiger partial charge in [-0.3, -0.25) is 0 Å². The van der Waals surface area contributed by atoms with Crippen molar-refractivity contribution in [2.24, 2.45) is 5.92 Å². The number of rotatable bonds is 4. The molecule has 0 fully saturated rings. The van der Waals surface area contributed by atoms with E-state index in [-0.39, 0.29) is 5.04 Å². The molecular weight excluding hydrogens is 196 g/mol. The highest BCUT2D eigenvalue weighted by Gasteiger charge is 2.46. The zero-order chi connectivity index (χ0) is 11.6. The quantitative estimate of drug-likeness (QED) is 0.732. The SMILES string of the molecule is CCC(C)C(C)(C)[Si](C)(C)OC(=O)O. The van der Waals surface area contributed by atoms with Gasteiger partial charge in [0.25, 0.3) is 8.32 Å². The Balaban J connectivity index is 4.76. The van der Waals surface area contributed by atoms with Crippen molar-refractivity contribution < 1.29 is 14.3 Å². The minimum absolute atomic E-state index is 0.0276. The summed E-state index contributed by atoms with van der Waals surface area (Å²) in [7, 11) is -2.18. The van der Waals surface area contributed by atoms with Crippen LogP contribution in [0.1, 0.15) is 34.1 Å². The minimum Gasteiger partial charge on any atom is -0.489 e. The van der Waals surface area contributed by atoms with Crippen molar-refractivity contribution in [3.8, 4) is 0 Å². The average molecular weight is 218 g/mol. The zero-order valence-corrected chi connectivity index (χ0v) is 11.0. The second kappa shape index (κ2) is 4.34. The third kappa shape index (κ3) is 2.74. The van der Waals surface area contributed by atoms with E-state index < -0.39 is 14.5 Å². The summed E-state index contributed by atoms with van der Waals surface area (Å²) in [6.45, 7) is 12.4. The maximum Gasteiger partial charge on any atom is 0.491 e. The van der Waals surface area contributed by atoms with Crippen LogP contribution in [-0.4, -0.2) is 19.6 Å². The van der Waals surface area contributed by atoms with E-state index in [9.17, 15) is 4.79 Å². The molecule has 0 aromatic rings. The van der Waals surface area contributed by atoms with Gasteiger partial charge in [-0.2, -0.15) is 0 Å². The molecule has 0 aromatic heterocycles. The Kier molecular flexibility index (Phi) is 4.18. The van der Waals surface area contributed by atoms with Gasteiger partial charge in [0.2, 0.25) is 0 Å². The standard InChI is InChI=1S/C10H22O3Si/c1-7-8(2)10(3,4)14(5,6)13-9(11)12/h8H,7H2,1-6H3,(H,11,12). The van der Waals surface area contributed by atoms with E-state index in [0.29, 0.717) is 5.92 Å². The van der Waals surface area contributed by atoms with Crippen molar-refractivity contribution in [3.05, 3.63) is 0 Å². The molecule has 0 rings (SSSR count). The number of hydrogen-bond acceptors (Lipinski definition) is 2. The molecule has 0 radical (unpaired) electrons. The molecule has 84 valence electrons. The summed E-state index contributed by atoms with van der Waals surface area (Å²) in [6, 6.07) is 0. The number of carbonyl (C=O) groups is 1. The van der Waals surface area contributed by atoms with Gasteiger partial charge in [-0.25, -0.2) is 4.79 Å². The summed E-state index contributed by atoms with van der Waals surface area (Å²) >= 11 is 0. The highest BCUT2D eigenvalue weighted by Crippen LogP contribution is 2.46. The first-order valence-electron chi connectivity index (χ1n) is 5.07. The van der Waals surface area contributed by atoms with E-state index >= 15 is 0 Å². The molecule has 1 N–H and O–H groups in total. The van der Waals surface area contributed by atoms with Gasteiger partial charge in [-0.05, 0) is 24.1 Å². The molecule has 0 saturated carbocycles. The van der Waals surface area contributed by atoms with Gasteiger partial charge in [0, 0.05) is 0 Å². The lowest BCUT2D eigenvalue weighted by Crippen LogP contribution is -2.46. The van der Waals surface area contributed by atoms with Crippen molar-refractivity contribution in [2.45, 2.75) is 52.2 Å². The summed E-state index contributed by atoms with van der Waals surface area (Å²) in [6.07, 6.45) is -0.0927. The molecule has 0 heterocycles. The van der Waals surface area contributed by atoms with Gasteiger partial charge in [0.1, 0.15) is 0 Å². The molecule has 0 amide bonds. The van der Waals surface area contributed by atoms with Crippen LogP contribution in [-0.2, 0) is 4.43 Å². The van der Waals surface area contributed by atoms with Crippen LogP contribution < -0.4 is 0 Å². The van der Waals surface area contributed by atoms with Crippen LogP contribution >= 0.6 is 0 Å². The van der Waals surface area contributed by atoms with Crippen molar-refractivity contribution in [1.29, 1.82) is 0 Å². The van der Waals surface area contributed by atoms with Crippen molar-refractivity contribution >= 4 is 14.5 Å². The van der Waals surface area contributed by atoms with E-state index in [1.165, 1.54) is 0 Å². The second-order valence-corrected chi connectivity index (χ2v) is 9.42. The lowest BCUT2D eigenvalue weighted by atomic mass is 9.94. The van der Waals surface area contributed by atoms with Crippen LogP contribution in [0.3, 0.4) is 0 Å². The van der Waals surface area contributed by atoms with E-state index in [1.807, 2.05) is 13.1 Å². The van der Waals surface area contributed by atoms with Gasteiger partial charge < -0.3 is 9.53 Å². The Morgan fingerprint density at radius 3 is 2.21 bits per heavy atom. The molecule has 0 aliphatic rings. The van der Waals surface area contributed by atoms with E-state index in [1.54, 1.807) is 0 Å². The van der Waals surface area contributed by atoms with Crippen LogP contribution in [0, 0.1) is 5.92 Å². The maximum absolute atomic E-state index is 10.6. The monoisotopic (exact) mass is 218 g/mol. The van der Waals surface area contributed by atoms with E-state index in [4.69, 9.17) is 9.53 Å². The third-order valence-corrected chi connectivity index (χ3v) is 8.02. The van der Waals surface area contributed by atoms with E-state index in [2.05, 4.69) is 27.7 Å². The predicted octanol–water partition coefficient (Wildman–Crippen LogP) is 3.71. The van der Waals surface area contributed by atoms with Crippen molar-refractivity contribution in [1.82, 2.24) is 0 Å². The van der Waals surface area contributed by atoms with Crippen molar-refractivity contribution in [3.63, 3.8) is 0 Å². The number of hydrogen-bond donors (Lipinski definition) is 1. The van der Waals surface area contributed by atoms with Gasteiger partial charge >= 0.3 is 6.16 Å². The molecule has 0 saturated heterocycles. The molecule has 0 spiro atoms. The third-order valence-electron chi connectivity index (χ3n) is 3.74. The highest BCUT2D eigenvalue weighted by atomic mass is 28.4. The molecule has 0 aromatic carbocycles.